The van der Waals surface area contributed by atoms with Crippen LogP contribution in [0.3, 0.4) is 0 Å². The summed E-state index contributed by atoms with van der Waals surface area (Å²) in [5, 5.41) is 10.2. The van der Waals surface area contributed by atoms with Crippen molar-refractivity contribution in [1.29, 1.82) is 0 Å². The lowest BCUT2D eigenvalue weighted by Gasteiger charge is -2.10. The Labute approximate surface area is 251 Å². The Kier molecular flexibility index (Phi) is 5.37. The highest BCUT2D eigenvalue weighted by Crippen LogP contribution is 2.44. The van der Waals surface area contributed by atoms with E-state index in [9.17, 15) is 0 Å². The fourth-order valence-electron chi connectivity index (χ4n) is 6.30. The molecule has 9 aromatic rings. The van der Waals surface area contributed by atoms with Gasteiger partial charge in [0.05, 0.1) is 0 Å². The third-order valence-corrected chi connectivity index (χ3v) is 9.50. The third kappa shape index (κ3) is 3.84. The average Bonchev–Trinajstić information content (AvgIpc) is 3.46. The van der Waals surface area contributed by atoms with Crippen molar-refractivity contribution in [2.75, 3.05) is 0 Å². The number of aromatic nitrogens is 3. The van der Waals surface area contributed by atoms with Gasteiger partial charge in [-0.3, -0.25) is 0 Å². The van der Waals surface area contributed by atoms with Crippen LogP contribution in [0.2, 0.25) is 0 Å². The van der Waals surface area contributed by atoms with Crippen molar-refractivity contribution in [3.05, 3.63) is 140 Å². The molecular weight excluding hydrogens is 543 g/mol. The van der Waals surface area contributed by atoms with Crippen LogP contribution in [-0.4, -0.2) is 15.0 Å². The Balaban J connectivity index is 1.34. The van der Waals surface area contributed by atoms with Crippen molar-refractivity contribution >= 4 is 63.8 Å². The second kappa shape index (κ2) is 9.55. The molecule has 0 atom stereocenters. The molecule has 2 aromatic heterocycles. The van der Waals surface area contributed by atoms with E-state index in [1.165, 1.54) is 52.5 Å². The molecule has 3 nitrogen and oxygen atoms in total. The zero-order valence-corrected chi connectivity index (χ0v) is 23.8. The summed E-state index contributed by atoms with van der Waals surface area (Å²) < 4.78 is 2.45. The largest absolute Gasteiger partial charge is 0.208 e. The predicted molar refractivity (Wildman–Crippen MR) is 182 cm³/mol. The third-order valence-electron chi connectivity index (χ3n) is 8.30. The zero-order valence-electron chi connectivity index (χ0n) is 23.0. The fraction of sp³-hybridized carbons (Fsp3) is 0. The molecule has 7 aromatic carbocycles. The standard InChI is InChI=1S/C39H23N3S/c1-3-12-24(13-4-1)37-40-38(25-14-5-2-6-15-25)42-39(41-37)31-21-11-20-30-34-22-32-28-18-9-7-16-26(28)27-17-8-10-19-29(27)33(32)23-35(34)43-36(30)31/h1-23H. The molecule has 0 aliphatic carbocycles. The van der Waals surface area contributed by atoms with Gasteiger partial charge in [-0.05, 0) is 50.5 Å². The van der Waals surface area contributed by atoms with E-state index in [0.717, 1.165) is 16.7 Å². The van der Waals surface area contributed by atoms with Gasteiger partial charge in [-0.15, -0.1) is 11.3 Å². The van der Waals surface area contributed by atoms with E-state index in [1.807, 2.05) is 72.0 Å². The van der Waals surface area contributed by atoms with Crippen molar-refractivity contribution in [3.8, 4) is 34.2 Å². The lowest BCUT2D eigenvalue weighted by Crippen LogP contribution is -2.00. The van der Waals surface area contributed by atoms with E-state index in [2.05, 4.69) is 78.9 Å². The first-order valence-electron chi connectivity index (χ1n) is 14.4. The molecule has 200 valence electrons. The average molecular weight is 566 g/mol. The molecule has 0 amide bonds. The Hall–Kier alpha value is -5.45. The Morgan fingerprint density at radius 1 is 0.349 bits per heavy atom. The predicted octanol–water partition coefficient (Wildman–Crippen LogP) is 10.7. The van der Waals surface area contributed by atoms with E-state index in [1.54, 1.807) is 0 Å². The van der Waals surface area contributed by atoms with Crippen molar-refractivity contribution < 1.29 is 0 Å². The van der Waals surface area contributed by atoms with Gasteiger partial charge in [0.1, 0.15) is 0 Å². The summed E-state index contributed by atoms with van der Waals surface area (Å²) in [5.41, 5.74) is 2.96. The van der Waals surface area contributed by atoms with Gasteiger partial charge in [0.15, 0.2) is 17.5 Å². The molecule has 0 bridgehead atoms. The van der Waals surface area contributed by atoms with Crippen LogP contribution < -0.4 is 0 Å². The summed E-state index contributed by atoms with van der Waals surface area (Å²) in [6.07, 6.45) is 0. The highest BCUT2D eigenvalue weighted by Gasteiger charge is 2.18. The molecule has 0 N–H and O–H groups in total. The number of fused-ring (bicyclic) bond motifs is 9. The van der Waals surface area contributed by atoms with E-state index in [4.69, 9.17) is 15.0 Å². The lowest BCUT2D eigenvalue weighted by molar-refractivity contribution is 1.08. The van der Waals surface area contributed by atoms with Gasteiger partial charge < -0.3 is 0 Å². The van der Waals surface area contributed by atoms with Gasteiger partial charge in [0, 0.05) is 36.9 Å². The Bertz CT molecular complexity index is 2440. The molecule has 0 aliphatic rings. The highest BCUT2D eigenvalue weighted by molar-refractivity contribution is 7.26. The van der Waals surface area contributed by atoms with Crippen LogP contribution in [0.5, 0.6) is 0 Å². The van der Waals surface area contributed by atoms with E-state index >= 15 is 0 Å². The van der Waals surface area contributed by atoms with Gasteiger partial charge in [-0.2, -0.15) is 0 Å². The van der Waals surface area contributed by atoms with E-state index in [0.29, 0.717) is 17.5 Å². The summed E-state index contributed by atoms with van der Waals surface area (Å²) in [6, 6.07) is 49.1. The van der Waals surface area contributed by atoms with Crippen LogP contribution >= 0.6 is 11.3 Å². The van der Waals surface area contributed by atoms with Gasteiger partial charge in [-0.1, -0.05) is 121 Å². The number of thiophene rings is 1. The summed E-state index contributed by atoms with van der Waals surface area (Å²) in [4.78, 5) is 15.0. The highest BCUT2D eigenvalue weighted by atomic mass is 32.1. The minimum atomic E-state index is 0.672. The molecule has 0 fully saturated rings. The van der Waals surface area contributed by atoms with Crippen molar-refractivity contribution in [1.82, 2.24) is 15.0 Å². The van der Waals surface area contributed by atoms with E-state index < -0.39 is 0 Å². The van der Waals surface area contributed by atoms with Crippen LogP contribution in [0.4, 0.5) is 0 Å². The molecule has 0 saturated carbocycles. The smallest absolute Gasteiger partial charge is 0.165 e. The van der Waals surface area contributed by atoms with Crippen LogP contribution in [-0.2, 0) is 0 Å². The Morgan fingerprint density at radius 2 is 0.814 bits per heavy atom. The first kappa shape index (κ1) is 24.2. The molecule has 0 unspecified atom stereocenters. The molecule has 43 heavy (non-hydrogen) atoms. The molecule has 4 heteroatoms. The van der Waals surface area contributed by atoms with Crippen LogP contribution in [0, 0.1) is 0 Å². The fourth-order valence-corrected chi connectivity index (χ4v) is 7.53. The minimum absolute atomic E-state index is 0.672. The number of hydrogen-bond donors (Lipinski definition) is 0. The van der Waals surface area contributed by atoms with Crippen LogP contribution in [0.15, 0.2) is 140 Å². The number of rotatable bonds is 3. The molecule has 0 spiro atoms. The first-order chi connectivity index (χ1) is 21.3. The maximum Gasteiger partial charge on any atom is 0.165 e. The van der Waals surface area contributed by atoms with Crippen molar-refractivity contribution in [2.24, 2.45) is 0 Å². The van der Waals surface area contributed by atoms with Gasteiger partial charge >= 0.3 is 0 Å². The quantitative estimate of drug-likeness (QED) is 0.200. The van der Waals surface area contributed by atoms with Gasteiger partial charge in [-0.25, -0.2) is 15.0 Å². The monoisotopic (exact) mass is 565 g/mol. The van der Waals surface area contributed by atoms with Crippen LogP contribution in [0.25, 0.3) is 86.7 Å². The maximum atomic E-state index is 5.04. The normalized spacial score (nSPS) is 11.7. The first-order valence-corrected chi connectivity index (χ1v) is 15.2. The zero-order chi connectivity index (χ0) is 28.3. The SMILES string of the molecule is c1ccc(-c2nc(-c3ccccc3)nc(-c3cccc4c3sc3cc5c6ccccc6c6ccccc6c5cc34)n2)cc1. The molecule has 0 aliphatic heterocycles. The maximum absolute atomic E-state index is 5.04. The number of hydrogen-bond acceptors (Lipinski definition) is 4. The second-order valence-corrected chi connectivity index (χ2v) is 11.9. The Morgan fingerprint density at radius 3 is 1.40 bits per heavy atom. The van der Waals surface area contributed by atoms with Gasteiger partial charge in [0.25, 0.3) is 0 Å². The summed E-state index contributed by atoms with van der Waals surface area (Å²) >= 11 is 1.81. The summed E-state index contributed by atoms with van der Waals surface area (Å²) in [7, 11) is 0. The second-order valence-electron chi connectivity index (χ2n) is 10.8. The lowest BCUT2D eigenvalue weighted by atomic mass is 9.93. The molecule has 9 rings (SSSR count). The number of nitrogens with zero attached hydrogens (tertiary/aromatic N) is 3. The topological polar surface area (TPSA) is 38.7 Å². The van der Waals surface area contributed by atoms with Crippen molar-refractivity contribution in [2.45, 2.75) is 0 Å². The molecule has 0 saturated heterocycles. The molecule has 2 heterocycles. The molecule has 0 radical (unpaired) electrons. The molecular formula is C39H23N3S. The summed E-state index contributed by atoms with van der Waals surface area (Å²) in [6.45, 7) is 0. The van der Waals surface area contributed by atoms with Gasteiger partial charge in [0.2, 0.25) is 0 Å². The summed E-state index contributed by atoms with van der Waals surface area (Å²) in [5.74, 6) is 2.03. The minimum Gasteiger partial charge on any atom is -0.208 e. The number of benzene rings is 7. The van der Waals surface area contributed by atoms with Crippen molar-refractivity contribution in [3.63, 3.8) is 0 Å². The van der Waals surface area contributed by atoms with Crippen LogP contribution in [0.1, 0.15) is 0 Å². The van der Waals surface area contributed by atoms with E-state index in [-0.39, 0.29) is 0 Å².